The molecule has 3 heterocycles. The summed E-state index contributed by atoms with van der Waals surface area (Å²) in [6.07, 6.45) is 2.35. The van der Waals surface area contributed by atoms with Gasteiger partial charge in [-0.2, -0.15) is 0 Å². The topological polar surface area (TPSA) is 61.3 Å². The number of hydrogen-bond donors (Lipinski definition) is 2. The van der Waals surface area contributed by atoms with E-state index in [1.807, 2.05) is 29.5 Å². The molecule has 0 radical (unpaired) electrons. The maximum atomic E-state index is 11.2. The van der Waals surface area contributed by atoms with Gasteiger partial charge in [0.2, 0.25) is 0 Å². The number of rotatable bonds is 5. The SMILES string of the molecule is O=c1[nH]c2cc(CNC3CCN(Cc4cccs4)CC3)ccc2o1. The monoisotopic (exact) mass is 343 g/mol. The molecule has 5 nitrogen and oxygen atoms in total. The van der Waals surface area contributed by atoms with Gasteiger partial charge in [0.15, 0.2) is 5.58 Å². The number of fused-ring (bicyclic) bond motifs is 1. The van der Waals surface area contributed by atoms with Gasteiger partial charge in [-0.3, -0.25) is 9.88 Å². The van der Waals surface area contributed by atoms with Crippen LogP contribution >= 0.6 is 11.3 Å². The van der Waals surface area contributed by atoms with Crippen LogP contribution in [-0.2, 0) is 13.1 Å². The van der Waals surface area contributed by atoms with Crippen LogP contribution in [0.15, 0.2) is 44.9 Å². The van der Waals surface area contributed by atoms with Crippen LogP contribution in [0, 0.1) is 0 Å². The first-order valence-electron chi connectivity index (χ1n) is 8.36. The molecule has 1 aliphatic heterocycles. The van der Waals surface area contributed by atoms with Crippen molar-refractivity contribution in [3.8, 4) is 0 Å². The van der Waals surface area contributed by atoms with Crippen LogP contribution in [-0.4, -0.2) is 29.0 Å². The maximum absolute atomic E-state index is 11.2. The molecule has 3 aromatic rings. The Kier molecular flexibility index (Phi) is 4.51. The van der Waals surface area contributed by atoms with Crippen LogP contribution in [0.3, 0.4) is 0 Å². The summed E-state index contributed by atoms with van der Waals surface area (Å²) in [5.74, 6) is -0.395. The number of oxazole rings is 1. The van der Waals surface area contributed by atoms with E-state index in [9.17, 15) is 4.79 Å². The highest BCUT2D eigenvalue weighted by Crippen LogP contribution is 2.18. The molecule has 0 unspecified atom stereocenters. The number of H-pyrrole nitrogens is 1. The Morgan fingerprint density at radius 2 is 2.17 bits per heavy atom. The van der Waals surface area contributed by atoms with E-state index in [2.05, 4.69) is 32.7 Å². The Morgan fingerprint density at radius 3 is 2.96 bits per heavy atom. The van der Waals surface area contributed by atoms with Crippen LogP contribution in [0.25, 0.3) is 11.1 Å². The van der Waals surface area contributed by atoms with E-state index in [-0.39, 0.29) is 0 Å². The van der Waals surface area contributed by atoms with Crippen LogP contribution < -0.4 is 11.1 Å². The van der Waals surface area contributed by atoms with Crippen molar-refractivity contribution in [2.45, 2.75) is 32.0 Å². The fraction of sp³-hybridized carbons (Fsp3) is 0.389. The molecule has 1 fully saturated rings. The molecule has 24 heavy (non-hydrogen) atoms. The molecule has 126 valence electrons. The van der Waals surface area contributed by atoms with Gasteiger partial charge in [-0.1, -0.05) is 12.1 Å². The van der Waals surface area contributed by atoms with Crippen molar-refractivity contribution in [2.75, 3.05) is 13.1 Å². The average Bonchev–Trinajstić information content (AvgIpc) is 3.22. The van der Waals surface area contributed by atoms with Crippen molar-refractivity contribution >= 4 is 22.4 Å². The van der Waals surface area contributed by atoms with Crippen LogP contribution in [0.5, 0.6) is 0 Å². The van der Waals surface area contributed by atoms with Crippen molar-refractivity contribution in [3.05, 3.63) is 56.7 Å². The minimum atomic E-state index is -0.395. The highest BCUT2D eigenvalue weighted by molar-refractivity contribution is 7.09. The molecule has 2 N–H and O–H groups in total. The van der Waals surface area contributed by atoms with Gasteiger partial charge in [0.05, 0.1) is 5.52 Å². The van der Waals surface area contributed by atoms with Gasteiger partial charge >= 0.3 is 5.76 Å². The lowest BCUT2D eigenvalue weighted by Gasteiger charge is -2.32. The quantitative estimate of drug-likeness (QED) is 0.748. The molecule has 1 aliphatic rings. The number of benzene rings is 1. The van der Waals surface area contributed by atoms with Gasteiger partial charge in [0, 0.05) is 24.0 Å². The molecule has 1 saturated heterocycles. The average molecular weight is 343 g/mol. The highest BCUT2D eigenvalue weighted by atomic mass is 32.1. The third-order valence-corrected chi connectivity index (χ3v) is 5.49. The number of thiophene rings is 1. The van der Waals surface area contributed by atoms with Crippen molar-refractivity contribution in [3.63, 3.8) is 0 Å². The summed E-state index contributed by atoms with van der Waals surface area (Å²) < 4.78 is 5.04. The first kappa shape index (κ1) is 15.6. The number of likely N-dealkylation sites (tertiary alicyclic amines) is 1. The van der Waals surface area contributed by atoms with E-state index in [1.54, 1.807) is 0 Å². The van der Waals surface area contributed by atoms with Crippen molar-refractivity contribution in [1.82, 2.24) is 15.2 Å². The molecule has 1 aromatic carbocycles. The second kappa shape index (κ2) is 6.93. The van der Waals surface area contributed by atoms with Gasteiger partial charge in [-0.05, 0) is 55.1 Å². The molecule has 0 bridgehead atoms. The highest BCUT2D eigenvalue weighted by Gasteiger charge is 2.19. The Labute approximate surface area is 144 Å². The molecular weight excluding hydrogens is 322 g/mol. The molecule has 2 aromatic heterocycles. The third kappa shape index (κ3) is 3.61. The minimum absolute atomic E-state index is 0.395. The number of piperidine rings is 1. The number of hydrogen-bond acceptors (Lipinski definition) is 5. The lowest BCUT2D eigenvalue weighted by atomic mass is 10.0. The van der Waals surface area contributed by atoms with Crippen LogP contribution in [0.1, 0.15) is 23.3 Å². The molecule has 6 heteroatoms. The second-order valence-electron chi connectivity index (χ2n) is 6.36. The number of aromatic amines is 1. The zero-order chi connectivity index (χ0) is 16.4. The Bertz CT molecular complexity index is 845. The summed E-state index contributed by atoms with van der Waals surface area (Å²) in [4.78, 5) is 17.9. The summed E-state index contributed by atoms with van der Waals surface area (Å²) in [7, 11) is 0. The van der Waals surface area contributed by atoms with Gasteiger partial charge < -0.3 is 9.73 Å². The predicted molar refractivity (Wildman–Crippen MR) is 96.3 cm³/mol. The Hall–Kier alpha value is -1.89. The summed E-state index contributed by atoms with van der Waals surface area (Å²) in [6.45, 7) is 4.18. The van der Waals surface area contributed by atoms with Gasteiger partial charge in [-0.15, -0.1) is 11.3 Å². The fourth-order valence-corrected chi connectivity index (χ4v) is 4.04. The maximum Gasteiger partial charge on any atom is 0.417 e. The van der Waals surface area contributed by atoms with Crippen molar-refractivity contribution in [1.29, 1.82) is 0 Å². The lowest BCUT2D eigenvalue weighted by Crippen LogP contribution is -2.41. The first-order chi connectivity index (χ1) is 11.8. The van der Waals surface area contributed by atoms with E-state index >= 15 is 0 Å². The Balaban J connectivity index is 1.28. The smallest absolute Gasteiger partial charge is 0.408 e. The fourth-order valence-electron chi connectivity index (χ4n) is 3.29. The zero-order valence-corrected chi connectivity index (χ0v) is 14.3. The number of aromatic nitrogens is 1. The van der Waals surface area contributed by atoms with E-state index < -0.39 is 5.76 Å². The van der Waals surface area contributed by atoms with Gasteiger partial charge in [0.1, 0.15) is 0 Å². The van der Waals surface area contributed by atoms with Crippen LogP contribution in [0.4, 0.5) is 0 Å². The molecule has 0 saturated carbocycles. The first-order valence-corrected chi connectivity index (χ1v) is 9.24. The van der Waals surface area contributed by atoms with E-state index in [4.69, 9.17) is 4.42 Å². The molecule has 0 amide bonds. The zero-order valence-electron chi connectivity index (χ0n) is 13.5. The van der Waals surface area contributed by atoms with Gasteiger partial charge in [-0.25, -0.2) is 4.79 Å². The van der Waals surface area contributed by atoms with E-state index in [0.717, 1.165) is 31.7 Å². The standard InChI is InChI=1S/C18H21N3O2S/c22-18-20-16-10-13(3-4-17(16)23-18)11-19-14-5-7-21(8-6-14)12-15-2-1-9-24-15/h1-4,9-10,14,19H,5-8,11-12H2,(H,20,22). The summed E-state index contributed by atoms with van der Waals surface area (Å²) in [6, 6.07) is 10.7. The number of nitrogens with one attached hydrogen (secondary N) is 2. The Morgan fingerprint density at radius 1 is 1.29 bits per heavy atom. The third-order valence-electron chi connectivity index (χ3n) is 4.63. The molecular formula is C18H21N3O2S. The number of nitrogens with zero attached hydrogens (tertiary/aromatic N) is 1. The molecule has 0 spiro atoms. The van der Waals surface area contributed by atoms with Crippen molar-refractivity contribution < 1.29 is 4.42 Å². The van der Waals surface area contributed by atoms with Crippen LogP contribution in [0.2, 0.25) is 0 Å². The van der Waals surface area contributed by atoms with E-state index in [0.29, 0.717) is 11.6 Å². The lowest BCUT2D eigenvalue weighted by molar-refractivity contribution is 0.191. The van der Waals surface area contributed by atoms with E-state index in [1.165, 1.54) is 23.3 Å². The summed E-state index contributed by atoms with van der Waals surface area (Å²) >= 11 is 1.84. The summed E-state index contributed by atoms with van der Waals surface area (Å²) in [5.41, 5.74) is 2.55. The predicted octanol–water partition coefficient (Wildman–Crippen LogP) is 2.94. The largest absolute Gasteiger partial charge is 0.417 e. The second-order valence-corrected chi connectivity index (χ2v) is 7.39. The van der Waals surface area contributed by atoms with Gasteiger partial charge in [0.25, 0.3) is 0 Å². The van der Waals surface area contributed by atoms with Crippen molar-refractivity contribution in [2.24, 2.45) is 0 Å². The minimum Gasteiger partial charge on any atom is -0.408 e. The summed E-state index contributed by atoms with van der Waals surface area (Å²) in [5, 5.41) is 5.79. The molecule has 0 atom stereocenters. The molecule has 4 rings (SSSR count). The normalized spacial score (nSPS) is 16.8. The molecule has 0 aliphatic carbocycles.